The molecule has 7 heteroatoms. The van der Waals surface area contributed by atoms with Gasteiger partial charge in [0.15, 0.2) is 0 Å². The van der Waals surface area contributed by atoms with Gasteiger partial charge in [-0.3, -0.25) is 0 Å². The number of hydrogen-bond donors (Lipinski definition) is 1. The molecule has 0 radical (unpaired) electrons. The Bertz CT molecular complexity index is 391. The van der Waals surface area contributed by atoms with Crippen LogP contribution in [0.15, 0.2) is 0 Å². The van der Waals surface area contributed by atoms with Crippen LogP contribution < -0.4 is 5.32 Å². The van der Waals surface area contributed by atoms with Crippen LogP contribution in [0.2, 0.25) is 0 Å². The van der Waals surface area contributed by atoms with E-state index >= 15 is 0 Å². The summed E-state index contributed by atoms with van der Waals surface area (Å²) in [5.74, 6) is 2.00. The molecule has 0 aromatic carbocycles. The SMILES string of the molecule is CC(C)(C)OC(=O)N1CC[C@H](NC(=O)N2CCSCC2)C1. The van der Waals surface area contributed by atoms with Crippen LogP contribution >= 0.6 is 11.8 Å². The third-order valence-electron chi connectivity index (χ3n) is 3.47. The highest BCUT2D eigenvalue weighted by Crippen LogP contribution is 2.16. The van der Waals surface area contributed by atoms with Crippen molar-refractivity contribution in [1.82, 2.24) is 15.1 Å². The molecule has 2 aliphatic heterocycles. The van der Waals surface area contributed by atoms with Gasteiger partial charge in [0.25, 0.3) is 0 Å². The second-order valence-corrected chi connectivity index (χ2v) is 7.69. The fourth-order valence-corrected chi connectivity index (χ4v) is 3.31. The normalized spacial score (nSPS) is 23.1. The summed E-state index contributed by atoms with van der Waals surface area (Å²) in [6.45, 7) is 8.34. The number of hydrogen-bond acceptors (Lipinski definition) is 4. The van der Waals surface area contributed by atoms with Gasteiger partial charge in [-0.05, 0) is 27.2 Å². The molecule has 120 valence electrons. The standard InChI is InChI=1S/C14H25N3O3S/c1-14(2,3)20-13(19)17-5-4-11(10-17)15-12(18)16-6-8-21-9-7-16/h11H,4-10H2,1-3H3,(H,15,18)/t11-/m0/s1. The third-order valence-corrected chi connectivity index (χ3v) is 4.41. The number of ether oxygens (including phenoxy) is 1. The molecule has 21 heavy (non-hydrogen) atoms. The van der Waals surface area contributed by atoms with E-state index in [9.17, 15) is 9.59 Å². The van der Waals surface area contributed by atoms with Crippen LogP contribution in [-0.4, -0.2) is 71.3 Å². The summed E-state index contributed by atoms with van der Waals surface area (Å²) in [7, 11) is 0. The van der Waals surface area contributed by atoms with E-state index in [2.05, 4.69) is 5.32 Å². The van der Waals surface area contributed by atoms with Crippen molar-refractivity contribution in [2.45, 2.75) is 38.8 Å². The van der Waals surface area contributed by atoms with E-state index in [4.69, 9.17) is 4.74 Å². The molecule has 0 aromatic heterocycles. The molecule has 2 saturated heterocycles. The maximum atomic E-state index is 12.1. The van der Waals surface area contributed by atoms with Crippen LogP contribution in [0.3, 0.4) is 0 Å². The molecule has 2 fully saturated rings. The molecule has 0 saturated carbocycles. The van der Waals surface area contributed by atoms with Gasteiger partial charge >= 0.3 is 12.1 Å². The molecule has 0 unspecified atom stereocenters. The van der Waals surface area contributed by atoms with E-state index < -0.39 is 5.60 Å². The molecule has 1 N–H and O–H groups in total. The summed E-state index contributed by atoms with van der Waals surface area (Å²) in [5.41, 5.74) is -0.482. The first-order chi connectivity index (χ1) is 9.85. The number of urea groups is 1. The molecule has 1 atom stereocenters. The monoisotopic (exact) mass is 315 g/mol. The number of rotatable bonds is 1. The predicted molar refractivity (Wildman–Crippen MR) is 83.6 cm³/mol. The first-order valence-corrected chi connectivity index (χ1v) is 8.62. The van der Waals surface area contributed by atoms with E-state index in [1.54, 1.807) is 4.90 Å². The lowest BCUT2D eigenvalue weighted by molar-refractivity contribution is 0.0291. The molecule has 2 rings (SSSR count). The van der Waals surface area contributed by atoms with Gasteiger partial charge in [0.1, 0.15) is 5.60 Å². The Kier molecular flexibility index (Phi) is 5.24. The quantitative estimate of drug-likeness (QED) is 0.801. The average molecular weight is 315 g/mol. The summed E-state index contributed by atoms with van der Waals surface area (Å²) in [5, 5.41) is 3.02. The molecule has 2 aliphatic rings. The van der Waals surface area contributed by atoms with Crippen LogP contribution in [0.1, 0.15) is 27.2 Å². The number of thioether (sulfide) groups is 1. The Morgan fingerprint density at radius 3 is 2.43 bits per heavy atom. The van der Waals surface area contributed by atoms with E-state index in [0.29, 0.717) is 13.1 Å². The van der Waals surface area contributed by atoms with Crippen molar-refractivity contribution in [3.8, 4) is 0 Å². The fourth-order valence-electron chi connectivity index (χ4n) is 2.40. The van der Waals surface area contributed by atoms with Crippen molar-refractivity contribution < 1.29 is 14.3 Å². The molecule has 0 spiro atoms. The first kappa shape index (κ1) is 16.3. The lowest BCUT2D eigenvalue weighted by Gasteiger charge is -2.28. The largest absolute Gasteiger partial charge is 0.444 e. The Morgan fingerprint density at radius 2 is 1.81 bits per heavy atom. The summed E-state index contributed by atoms with van der Waals surface area (Å²) in [6.07, 6.45) is 0.488. The Labute approximate surface area is 130 Å². The highest BCUT2D eigenvalue weighted by molar-refractivity contribution is 7.99. The van der Waals surface area contributed by atoms with Crippen molar-refractivity contribution in [3.05, 3.63) is 0 Å². The lowest BCUT2D eigenvalue weighted by Crippen LogP contribution is -2.48. The maximum absolute atomic E-state index is 12.1. The molecular weight excluding hydrogens is 290 g/mol. The second-order valence-electron chi connectivity index (χ2n) is 6.46. The van der Waals surface area contributed by atoms with Gasteiger partial charge in [0, 0.05) is 43.7 Å². The molecule has 0 bridgehead atoms. The number of nitrogens with zero attached hydrogens (tertiary/aromatic N) is 2. The van der Waals surface area contributed by atoms with E-state index in [1.807, 2.05) is 37.4 Å². The van der Waals surface area contributed by atoms with Crippen LogP contribution in [0.25, 0.3) is 0 Å². The van der Waals surface area contributed by atoms with Crippen molar-refractivity contribution >= 4 is 23.9 Å². The van der Waals surface area contributed by atoms with Crippen molar-refractivity contribution in [2.24, 2.45) is 0 Å². The molecule has 0 aliphatic carbocycles. The molecule has 3 amide bonds. The second kappa shape index (κ2) is 6.77. The zero-order valence-electron chi connectivity index (χ0n) is 13.1. The van der Waals surface area contributed by atoms with Gasteiger partial charge < -0.3 is 19.9 Å². The summed E-state index contributed by atoms with van der Waals surface area (Å²) < 4.78 is 5.35. The minimum absolute atomic E-state index is 0.00802. The average Bonchev–Trinajstić information content (AvgIpc) is 2.86. The Balaban J connectivity index is 1.77. The fraction of sp³-hybridized carbons (Fsp3) is 0.857. The third kappa shape index (κ3) is 4.98. The number of likely N-dealkylation sites (tertiary alicyclic amines) is 1. The van der Waals surface area contributed by atoms with Crippen molar-refractivity contribution in [3.63, 3.8) is 0 Å². The zero-order valence-corrected chi connectivity index (χ0v) is 13.9. The lowest BCUT2D eigenvalue weighted by atomic mass is 10.2. The van der Waals surface area contributed by atoms with E-state index in [1.165, 1.54) is 0 Å². The summed E-state index contributed by atoms with van der Waals surface area (Å²) in [6, 6.07) is 0.0194. The smallest absolute Gasteiger partial charge is 0.410 e. The minimum atomic E-state index is -0.482. The van der Waals surface area contributed by atoms with Gasteiger partial charge in [-0.2, -0.15) is 11.8 Å². The Hall–Kier alpha value is -1.11. The van der Waals surface area contributed by atoms with Gasteiger partial charge in [0.05, 0.1) is 0 Å². The van der Waals surface area contributed by atoms with Gasteiger partial charge in [-0.15, -0.1) is 0 Å². The molecular formula is C14H25N3O3S. The summed E-state index contributed by atoms with van der Waals surface area (Å²) >= 11 is 1.88. The maximum Gasteiger partial charge on any atom is 0.410 e. The topological polar surface area (TPSA) is 61.9 Å². The van der Waals surface area contributed by atoms with Crippen molar-refractivity contribution in [1.29, 1.82) is 0 Å². The van der Waals surface area contributed by atoms with Crippen LogP contribution in [0, 0.1) is 0 Å². The zero-order chi connectivity index (χ0) is 15.5. The van der Waals surface area contributed by atoms with Crippen LogP contribution in [0.4, 0.5) is 9.59 Å². The van der Waals surface area contributed by atoms with Gasteiger partial charge in [-0.1, -0.05) is 0 Å². The Morgan fingerprint density at radius 1 is 1.14 bits per heavy atom. The number of nitrogens with one attached hydrogen (secondary N) is 1. The van der Waals surface area contributed by atoms with E-state index in [-0.39, 0.29) is 18.2 Å². The molecule has 0 aromatic rings. The van der Waals surface area contributed by atoms with Gasteiger partial charge in [0.2, 0.25) is 0 Å². The summed E-state index contributed by atoms with van der Waals surface area (Å²) in [4.78, 5) is 27.6. The first-order valence-electron chi connectivity index (χ1n) is 7.46. The highest BCUT2D eigenvalue weighted by Gasteiger charge is 2.31. The van der Waals surface area contributed by atoms with E-state index in [0.717, 1.165) is 31.0 Å². The predicted octanol–water partition coefficient (Wildman–Crippen LogP) is 1.75. The minimum Gasteiger partial charge on any atom is -0.444 e. The molecule has 2 heterocycles. The van der Waals surface area contributed by atoms with Crippen LogP contribution in [0.5, 0.6) is 0 Å². The van der Waals surface area contributed by atoms with Crippen LogP contribution in [-0.2, 0) is 4.74 Å². The number of amides is 3. The number of carbonyl (C=O) groups is 2. The molecule has 6 nitrogen and oxygen atoms in total. The number of carbonyl (C=O) groups excluding carboxylic acids is 2. The van der Waals surface area contributed by atoms with Crippen molar-refractivity contribution in [2.75, 3.05) is 37.7 Å². The highest BCUT2D eigenvalue weighted by atomic mass is 32.2. The van der Waals surface area contributed by atoms with Gasteiger partial charge in [-0.25, -0.2) is 9.59 Å².